The van der Waals surface area contributed by atoms with Gasteiger partial charge in [-0.25, -0.2) is 18.2 Å². The molecule has 8 heteroatoms. The minimum Gasteiger partial charge on any atom is -0.441 e. The average molecular weight is 415 g/mol. The van der Waals surface area contributed by atoms with Crippen LogP contribution >= 0.6 is 0 Å². The van der Waals surface area contributed by atoms with Gasteiger partial charge in [-0.15, -0.1) is 0 Å². The third-order valence-corrected chi connectivity index (χ3v) is 5.14. The van der Waals surface area contributed by atoms with E-state index in [1.807, 2.05) is 0 Å². The van der Waals surface area contributed by atoms with Crippen LogP contribution in [0.2, 0.25) is 0 Å². The van der Waals surface area contributed by atoms with Crippen molar-refractivity contribution in [1.82, 2.24) is 9.88 Å². The summed E-state index contributed by atoms with van der Waals surface area (Å²) in [5.41, 5.74) is 0.663. The molecule has 156 valence electrons. The molecule has 1 amide bonds. The summed E-state index contributed by atoms with van der Waals surface area (Å²) in [6.45, 7) is 2.45. The lowest BCUT2D eigenvalue weighted by molar-refractivity contribution is -0.131. The first-order valence-electron chi connectivity index (χ1n) is 9.68. The number of hydrogen-bond donors (Lipinski definition) is 0. The van der Waals surface area contributed by atoms with Gasteiger partial charge in [0.15, 0.2) is 11.7 Å². The summed E-state index contributed by atoms with van der Waals surface area (Å²) in [6.07, 6.45) is 1.70. The lowest BCUT2D eigenvalue weighted by Crippen LogP contribution is -2.48. The van der Waals surface area contributed by atoms with Crippen molar-refractivity contribution < 1.29 is 22.4 Å². The smallest absolute Gasteiger partial charge is 0.223 e. The number of hydrogen-bond acceptors (Lipinski definition) is 4. The molecule has 4 rings (SSSR count). The van der Waals surface area contributed by atoms with Gasteiger partial charge in [0.2, 0.25) is 5.91 Å². The maximum Gasteiger partial charge on any atom is 0.223 e. The zero-order valence-electron chi connectivity index (χ0n) is 16.2. The largest absolute Gasteiger partial charge is 0.441 e. The summed E-state index contributed by atoms with van der Waals surface area (Å²) >= 11 is 0. The maximum absolute atomic E-state index is 13.9. The number of benzene rings is 2. The maximum atomic E-state index is 13.9. The summed E-state index contributed by atoms with van der Waals surface area (Å²) in [5, 5.41) is 0. The zero-order valence-corrected chi connectivity index (χ0v) is 16.2. The molecule has 0 bridgehead atoms. The molecule has 0 spiro atoms. The highest BCUT2D eigenvalue weighted by Crippen LogP contribution is 2.27. The van der Waals surface area contributed by atoms with E-state index in [1.165, 1.54) is 24.4 Å². The van der Waals surface area contributed by atoms with Crippen molar-refractivity contribution in [2.45, 2.75) is 12.8 Å². The van der Waals surface area contributed by atoms with E-state index in [0.29, 0.717) is 26.2 Å². The molecule has 2 aromatic carbocycles. The molecule has 1 aliphatic heterocycles. The van der Waals surface area contributed by atoms with Crippen LogP contribution in [0.4, 0.5) is 18.9 Å². The number of aryl methyl sites for hydroxylation is 1. The number of carbonyl (C=O) groups excluding carboxylic acids is 1. The van der Waals surface area contributed by atoms with E-state index < -0.39 is 11.6 Å². The van der Waals surface area contributed by atoms with Gasteiger partial charge in [-0.3, -0.25) is 4.79 Å². The van der Waals surface area contributed by atoms with Gasteiger partial charge in [0.1, 0.15) is 17.5 Å². The van der Waals surface area contributed by atoms with E-state index in [9.17, 15) is 18.0 Å². The number of carbonyl (C=O) groups is 1. The van der Waals surface area contributed by atoms with Gasteiger partial charge in [-0.05, 0) is 36.4 Å². The van der Waals surface area contributed by atoms with Gasteiger partial charge in [0, 0.05) is 44.7 Å². The third-order valence-electron chi connectivity index (χ3n) is 5.14. The Morgan fingerprint density at radius 3 is 2.30 bits per heavy atom. The van der Waals surface area contributed by atoms with Crippen molar-refractivity contribution >= 4 is 11.6 Å². The SMILES string of the molecule is O=C(CCc1ncc(-c2c(F)cccc2F)o1)N1CCN(c2ccc(F)cc2)CC1. The van der Waals surface area contributed by atoms with Crippen LogP contribution in [-0.4, -0.2) is 42.0 Å². The van der Waals surface area contributed by atoms with E-state index >= 15 is 0 Å². The molecule has 2 heterocycles. The van der Waals surface area contributed by atoms with Crippen LogP contribution in [0.3, 0.4) is 0 Å². The molecule has 3 aromatic rings. The number of halogens is 3. The molecule has 1 saturated heterocycles. The summed E-state index contributed by atoms with van der Waals surface area (Å²) in [4.78, 5) is 20.4. The fourth-order valence-electron chi connectivity index (χ4n) is 3.51. The highest BCUT2D eigenvalue weighted by Gasteiger charge is 2.22. The average Bonchev–Trinajstić information content (AvgIpc) is 3.21. The van der Waals surface area contributed by atoms with E-state index in [2.05, 4.69) is 9.88 Å². The standard InChI is InChI=1S/C22H20F3N3O2/c23-15-4-6-16(7-5-15)27-10-12-28(13-11-27)21(29)9-8-20-26-14-19(30-20)22-17(24)2-1-3-18(22)25/h1-7,14H,8-13H2. The Balaban J connectivity index is 1.30. The van der Waals surface area contributed by atoms with Crippen LogP contribution in [0.15, 0.2) is 53.1 Å². The van der Waals surface area contributed by atoms with E-state index in [1.54, 1.807) is 17.0 Å². The molecule has 5 nitrogen and oxygen atoms in total. The zero-order chi connectivity index (χ0) is 21.1. The quantitative estimate of drug-likeness (QED) is 0.631. The monoisotopic (exact) mass is 415 g/mol. The van der Waals surface area contributed by atoms with Crippen LogP contribution in [0, 0.1) is 17.5 Å². The molecule has 1 aliphatic rings. The predicted molar refractivity (Wildman–Crippen MR) is 105 cm³/mol. The van der Waals surface area contributed by atoms with Crippen molar-refractivity contribution in [3.63, 3.8) is 0 Å². The second-order valence-electron chi connectivity index (χ2n) is 7.06. The molecule has 1 fully saturated rings. The van der Waals surface area contributed by atoms with Gasteiger partial charge in [0.05, 0.1) is 11.8 Å². The molecule has 0 atom stereocenters. The van der Waals surface area contributed by atoms with Gasteiger partial charge in [-0.2, -0.15) is 0 Å². The number of amides is 1. The number of aromatic nitrogens is 1. The number of nitrogens with zero attached hydrogens (tertiary/aromatic N) is 3. The van der Waals surface area contributed by atoms with Gasteiger partial charge in [-0.1, -0.05) is 6.07 Å². The van der Waals surface area contributed by atoms with Gasteiger partial charge >= 0.3 is 0 Å². The number of anilines is 1. The second-order valence-corrected chi connectivity index (χ2v) is 7.06. The lowest BCUT2D eigenvalue weighted by atomic mass is 10.1. The first kappa shape index (κ1) is 20.0. The summed E-state index contributed by atoms with van der Waals surface area (Å²) in [7, 11) is 0. The van der Waals surface area contributed by atoms with Gasteiger partial charge < -0.3 is 14.2 Å². The van der Waals surface area contributed by atoms with Crippen LogP contribution in [-0.2, 0) is 11.2 Å². The molecule has 0 radical (unpaired) electrons. The Morgan fingerprint density at radius 2 is 1.63 bits per heavy atom. The van der Waals surface area contributed by atoms with E-state index in [-0.39, 0.29) is 41.8 Å². The highest BCUT2D eigenvalue weighted by atomic mass is 19.1. The van der Waals surface area contributed by atoms with Crippen LogP contribution in [0.25, 0.3) is 11.3 Å². The van der Waals surface area contributed by atoms with Gasteiger partial charge in [0.25, 0.3) is 0 Å². The topological polar surface area (TPSA) is 49.6 Å². The molecule has 0 aliphatic carbocycles. The number of piperazine rings is 1. The summed E-state index contributed by atoms with van der Waals surface area (Å²) in [6, 6.07) is 9.87. The first-order valence-corrected chi connectivity index (χ1v) is 9.68. The Bertz CT molecular complexity index is 1010. The summed E-state index contributed by atoms with van der Waals surface area (Å²) in [5.74, 6) is -1.52. The van der Waals surface area contributed by atoms with Crippen molar-refractivity contribution in [2.75, 3.05) is 31.1 Å². The molecule has 0 N–H and O–H groups in total. The van der Waals surface area contributed by atoms with Crippen LogP contribution in [0.5, 0.6) is 0 Å². The lowest BCUT2D eigenvalue weighted by Gasteiger charge is -2.36. The predicted octanol–water partition coefficient (Wildman–Crippen LogP) is 4.04. The van der Waals surface area contributed by atoms with Crippen molar-refractivity contribution in [1.29, 1.82) is 0 Å². The van der Waals surface area contributed by atoms with Crippen molar-refractivity contribution in [3.8, 4) is 11.3 Å². The fourth-order valence-corrected chi connectivity index (χ4v) is 3.51. The minimum absolute atomic E-state index is 0.000890. The third kappa shape index (κ3) is 4.32. The van der Waals surface area contributed by atoms with Crippen LogP contribution < -0.4 is 4.90 Å². The normalized spacial score (nSPS) is 14.2. The molecule has 0 unspecified atom stereocenters. The molecule has 1 aromatic heterocycles. The first-order chi connectivity index (χ1) is 14.5. The Hall–Kier alpha value is -3.29. The molecule has 0 saturated carbocycles. The van der Waals surface area contributed by atoms with E-state index in [0.717, 1.165) is 17.8 Å². The minimum atomic E-state index is -0.729. The van der Waals surface area contributed by atoms with E-state index in [4.69, 9.17) is 4.42 Å². The second kappa shape index (κ2) is 8.61. The number of rotatable bonds is 5. The highest BCUT2D eigenvalue weighted by molar-refractivity contribution is 5.76. The molecular weight excluding hydrogens is 395 g/mol. The number of oxazole rings is 1. The Labute approximate surface area is 171 Å². The summed E-state index contributed by atoms with van der Waals surface area (Å²) < 4.78 is 46.2. The van der Waals surface area contributed by atoms with Crippen LogP contribution in [0.1, 0.15) is 12.3 Å². The molecular formula is C22H20F3N3O2. The van der Waals surface area contributed by atoms with Crippen molar-refractivity contribution in [3.05, 3.63) is 72.0 Å². The van der Waals surface area contributed by atoms with Crippen molar-refractivity contribution in [2.24, 2.45) is 0 Å². The fraction of sp³-hybridized carbons (Fsp3) is 0.273. The Morgan fingerprint density at radius 1 is 0.967 bits per heavy atom. The molecule has 30 heavy (non-hydrogen) atoms. The Kier molecular flexibility index (Phi) is 5.74.